The second-order valence-corrected chi connectivity index (χ2v) is 8.87. The van der Waals surface area contributed by atoms with Gasteiger partial charge in [-0.2, -0.15) is 0 Å². The average Bonchev–Trinajstić information content (AvgIpc) is 3.61. The summed E-state index contributed by atoms with van der Waals surface area (Å²) in [5, 5.41) is 0. The van der Waals surface area contributed by atoms with Crippen molar-refractivity contribution in [1.82, 2.24) is 4.90 Å². The minimum atomic E-state index is -0.201. The van der Waals surface area contributed by atoms with Gasteiger partial charge in [-0.25, -0.2) is 0 Å². The van der Waals surface area contributed by atoms with Crippen molar-refractivity contribution in [3.8, 4) is 28.7 Å². The van der Waals surface area contributed by atoms with E-state index in [1.165, 1.54) is 0 Å². The third kappa shape index (κ3) is 5.88. The topological polar surface area (TPSA) is 98.1 Å². The highest BCUT2D eigenvalue weighted by molar-refractivity contribution is 6.15. The van der Waals surface area contributed by atoms with Crippen LogP contribution in [0, 0.1) is 0 Å². The molecule has 3 aliphatic rings. The number of ether oxygens (including phenoxy) is 7. The number of hydrogen-bond donors (Lipinski definition) is 0. The van der Waals surface area contributed by atoms with Gasteiger partial charge in [0.2, 0.25) is 5.78 Å². The second-order valence-electron chi connectivity index (χ2n) is 8.87. The minimum absolute atomic E-state index is 0.201. The number of carbonyl (C=O) groups excluding carboxylic acids is 1. The number of fused-ring (bicyclic) bond motifs is 3. The SMILES string of the molecule is C1COCCO1.COc1cc(OC)c(OC)cc1C=C1Oc2c(ccc3c2CN(Cc2ccco2)CO3)C1=O. The van der Waals surface area contributed by atoms with E-state index in [2.05, 4.69) is 4.90 Å². The number of furan rings is 1. The predicted octanol–water partition coefficient (Wildman–Crippen LogP) is 4.31. The van der Waals surface area contributed by atoms with E-state index in [1.54, 1.807) is 51.9 Å². The molecule has 6 rings (SSSR count). The number of rotatable bonds is 6. The molecule has 0 spiro atoms. The Balaban J connectivity index is 0.000000455. The Morgan fingerprint density at radius 2 is 1.64 bits per heavy atom. The Bertz CT molecular complexity index is 1320. The minimum Gasteiger partial charge on any atom is -0.496 e. The van der Waals surface area contributed by atoms with Crippen LogP contribution in [-0.2, 0) is 22.6 Å². The van der Waals surface area contributed by atoms with Crippen LogP contribution < -0.4 is 23.7 Å². The van der Waals surface area contributed by atoms with Crippen LogP contribution >= 0.6 is 0 Å². The van der Waals surface area contributed by atoms with Crippen LogP contribution in [0.15, 0.2) is 52.8 Å². The molecule has 0 aliphatic carbocycles. The van der Waals surface area contributed by atoms with Gasteiger partial charge in [0.05, 0.1) is 71.7 Å². The quantitative estimate of drug-likeness (QED) is 0.423. The third-order valence-corrected chi connectivity index (χ3v) is 6.41. The maximum absolute atomic E-state index is 13.1. The summed E-state index contributed by atoms with van der Waals surface area (Å²) in [6.45, 7) is 4.70. The van der Waals surface area contributed by atoms with Gasteiger partial charge in [0.15, 0.2) is 17.3 Å². The molecule has 0 radical (unpaired) electrons. The highest BCUT2D eigenvalue weighted by atomic mass is 16.6. The molecular weight excluding hydrogens is 506 g/mol. The lowest BCUT2D eigenvalue weighted by Crippen LogP contribution is -2.31. The molecule has 0 N–H and O–H groups in total. The molecule has 206 valence electrons. The molecule has 0 atom stereocenters. The van der Waals surface area contributed by atoms with Gasteiger partial charge in [-0.05, 0) is 36.4 Å². The summed E-state index contributed by atoms with van der Waals surface area (Å²) in [7, 11) is 4.65. The molecule has 1 aromatic heterocycles. The first-order valence-corrected chi connectivity index (χ1v) is 12.5. The van der Waals surface area contributed by atoms with Gasteiger partial charge in [-0.15, -0.1) is 0 Å². The van der Waals surface area contributed by atoms with Crippen molar-refractivity contribution in [3.05, 3.63) is 70.9 Å². The fraction of sp³-hybridized carbons (Fsp3) is 0.345. The molecule has 0 amide bonds. The molecule has 1 saturated heterocycles. The van der Waals surface area contributed by atoms with E-state index in [1.807, 2.05) is 18.2 Å². The zero-order valence-corrected chi connectivity index (χ0v) is 22.2. The van der Waals surface area contributed by atoms with E-state index >= 15 is 0 Å². The van der Waals surface area contributed by atoms with Crippen molar-refractivity contribution in [1.29, 1.82) is 0 Å². The van der Waals surface area contributed by atoms with Crippen LogP contribution in [0.25, 0.3) is 6.08 Å². The van der Waals surface area contributed by atoms with Crippen LogP contribution in [0.2, 0.25) is 0 Å². The summed E-state index contributed by atoms with van der Waals surface area (Å²) in [4.78, 5) is 15.2. The summed E-state index contributed by atoms with van der Waals surface area (Å²) in [6, 6.07) is 10.8. The molecule has 3 aliphatic heterocycles. The van der Waals surface area contributed by atoms with Gasteiger partial charge < -0.3 is 37.6 Å². The van der Waals surface area contributed by atoms with Crippen molar-refractivity contribution in [3.63, 3.8) is 0 Å². The lowest BCUT2D eigenvalue weighted by Gasteiger charge is -2.29. The Labute approximate surface area is 226 Å². The first kappa shape index (κ1) is 26.6. The Hall–Kier alpha value is -3.99. The zero-order chi connectivity index (χ0) is 27.2. The van der Waals surface area contributed by atoms with Crippen molar-refractivity contribution < 1.29 is 42.4 Å². The largest absolute Gasteiger partial charge is 0.496 e. The lowest BCUT2D eigenvalue weighted by atomic mass is 10.0. The van der Waals surface area contributed by atoms with E-state index in [4.69, 9.17) is 37.6 Å². The van der Waals surface area contributed by atoms with E-state index in [9.17, 15) is 4.79 Å². The van der Waals surface area contributed by atoms with Crippen LogP contribution in [0.1, 0.15) is 27.2 Å². The molecule has 3 aromatic rings. The Morgan fingerprint density at radius 1 is 0.923 bits per heavy atom. The van der Waals surface area contributed by atoms with Gasteiger partial charge in [-0.3, -0.25) is 9.69 Å². The van der Waals surface area contributed by atoms with E-state index < -0.39 is 0 Å². The van der Waals surface area contributed by atoms with E-state index in [-0.39, 0.29) is 11.5 Å². The maximum atomic E-state index is 13.1. The summed E-state index contributed by atoms with van der Waals surface area (Å²) >= 11 is 0. The molecule has 0 saturated carbocycles. The van der Waals surface area contributed by atoms with Gasteiger partial charge in [0, 0.05) is 18.2 Å². The fourth-order valence-electron chi connectivity index (χ4n) is 4.48. The molecule has 2 aromatic carbocycles. The number of allylic oxidation sites excluding steroid dienone is 1. The van der Waals surface area contributed by atoms with E-state index in [0.717, 1.165) is 37.8 Å². The summed E-state index contributed by atoms with van der Waals surface area (Å²) in [5.74, 6) is 3.65. The summed E-state index contributed by atoms with van der Waals surface area (Å²) in [5.41, 5.74) is 1.97. The molecule has 1 fully saturated rings. The van der Waals surface area contributed by atoms with Crippen LogP contribution in [-0.4, -0.2) is 65.2 Å². The number of benzene rings is 2. The monoisotopic (exact) mass is 537 g/mol. The van der Waals surface area contributed by atoms with Crippen LogP contribution in [0.4, 0.5) is 0 Å². The molecule has 39 heavy (non-hydrogen) atoms. The van der Waals surface area contributed by atoms with Crippen LogP contribution in [0.3, 0.4) is 0 Å². The van der Waals surface area contributed by atoms with E-state index in [0.29, 0.717) is 59.7 Å². The van der Waals surface area contributed by atoms with Gasteiger partial charge in [0.25, 0.3) is 0 Å². The van der Waals surface area contributed by atoms with Crippen molar-refractivity contribution in [2.45, 2.75) is 13.1 Å². The van der Waals surface area contributed by atoms with Crippen molar-refractivity contribution in [2.75, 3.05) is 54.5 Å². The molecule has 0 unspecified atom stereocenters. The summed E-state index contributed by atoms with van der Waals surface area (Å²) in [6.07, 6.45) is 3.30. The Kier molecular flexibility index (Phi) is 8.36. The van der Waals surface area contributed by atoms with Gasteiger partial charge in [-0.1, -0.05) is 0 Å². The average molecular weight is 538 g/mol. The van der Waals surface area contributed by atoms with Crippen LogP contribution in [0.5, 0.6) is 28.7 Å². The highest BCUT2D eigenvalue weighted by Gasteiger charge is 2.34. The molecule has 4 heterocycles. The normalized spacial score (nSPS) is 17.3. The van der Waals surface area contributed by atoms with Crippen molar-refractivity contribution >= 4 is 11.9 Å². The first-order valence-electron chi connectivity index (χ1n) is 12.5. The second kappa shape index (κ2) is 12.2. The first-order chi connectivity index (χ1) is 19.1. The standard InChI is InChI=1S/C25H23NO7.C4H8O2/c1-28-20-11-22(30-3)21(29-2)9-15(20)10-23-24(27)17-6-7-19-18(25(17)33-23)13-26(14-32-19)12-16-5-4-8-31-16;1-2-6-4-3-5-1/h4-11H,12-14H2,1-3H3;1-4H2. The molecule has 10 nitrogen and oxygen atoms in total. The Morgan fingerprint density at radius 3 is 2.28 bits per heavy atom. The number of carbonyl (C=O) groups is 1. The highest BCUT2D eigenvalue weighted by Crippen LogP contribution is 2.43. The number of nitrogens with zero attached hydrogens (tertiary/aromatic N) is 1. The maximum Gasteiger partial charge on any atom is 0.231 e. The third-order valence-electron chi connectivity index (χ3n) is 6.41. The lowest BCUT2D eigenvalue weighted by molar-refractivity contribution is -0.0334. The molecular formula is C29H31NO9. The van der Waals surface area contributed by atoms with Crippen molar-refractivity contribution in [2.24, 2.45) is 0 Å². The molecule has 0 bridgehead atoms. The van der Waals surface area contributed by atoms with Gasteiger partial charge in [0.1, 0.15) is 29.7 Å². The molecule has 10 heteroatoms. The number of hydrogen-bond acceptors (Lipinski definition) is 10. The fourth-order valence-corrected chi connectivity index (χ4v) is 4.48. The summed E-state index contributed by atoms with van der Waals surface area (Å²) < 4.78 is 43.6. The smallest absolute Gasteiger partial charge is 0.231 e. The number of ketones is 1. The predicted molar refractivity (Wildman–Crippen MR) is 141 cm³/mol. The zero-order valence-electron chi connectivity index (χ0n) is 22.2. The van der Waals surface area contributed by atoms with Gasteiger partial charge >= 0.3 is 0 Å². The number of methoxy groups -OCH3 is 3. The number of Topliss-reactive ketones (excluding diaryl/α,β-unsaturated/α-hetero) is 1.